The van der Waals surface area contributed by atoms with Crippen LogP contribution in [-0.2, 0) is 9.47 Å². The molecule has 2 aromatic heterocycles. The lowest BCUT2D eigenvalue weighted by molar-refractivity contribution is 0.0902. The topological polar surface area (TPSA) is 89.6 Å². The predicted molar refractivity (Wildman–Crippen MR) is 119 cm³/mol. The molecular weight excluding hydrogens is 430 g/mol. The molecule has 4 atom stereocenters. The number of ether oxygens (including phenoxy) is 2. The lowest BCUT2D eigenvalue weighted by atomic mass is 9.95. The number of nitrogens with two attached hydrogens (primary N) is 1. The van der Waals surface area contributed by atoms with Crippen LogP contribution in [0.4, 0.5) is 26.4 Å². The van der Waals surface area contributed by atoms with Crippen molar-refractivity contribution in [3.8, 4) is 11.3 Å². The summed E-state index contributed by atoms with van der Waals surface area (Å²) >= 11 is 0. The lowest BCUT2D eigenvalue weighted by Gasteiger charge is -2.38. The van der Waals surface area contributed by atoms with Gasteiger partial charge in [0.1, 0.15) is 11.6 Å². The van der Waals surface area contributed by atoms with Crippen LogP contribution in [0.2, 0.25) is 0 Å². The maximum absolute atomic E-state index is 13.9. The molecule has 0 spiro atoms. The number of morpholine rings is 1. The number of hydrogen-bond donors (Lipinski definition) is 1. The zero-order valence-corrected chi connectivity index (χ0v) is 18.4. The molecule has 4 unspecified atom stereocenters. The van der Waals surface area contributed by atoms with Gasteiger partial charge in [0.2, 0.25) is 5.95 Å². The van der Waals surface area contributed by atoms with E-state index in [0.717, 1.165) is 44.7 Å². The average Bonchev–Trinajstić information content (AvgIpc) is 3.04. The molecule has 2 aromatic rings. The van der Waals surface area contributed by atoms with E-state index in [0.29, 0.717) is 42.9 Å². The van der Waals surface area contributed by atoms with Crippen molar-refractivity contribution in [2.45, 2.75) is 50.2 Å². The Morgan fingerprint density at radius 2 is 1.67 bits per heavy atom. The number of piperidine rings is 1. The molecular formula is C23H28F2N6O2. The van der Waals surface area contributed by atoms with E-state index in [1.165, 1.54) is 12.3 Å². The van der Waals surface area contributed by atoms with E-state index in [1.54, 1.807) is 0 Å². The van der Waals surface area contributed by atoms with Gasteiger partial charge in [-0.2, -0.15) is 4.98 Å². The van der Waals surface area contributed by atoms with Crippen LogP contribution < -0.4 is 15.5 Å². The van der Waals surface area contributed by atoms with Crippen molar-refractivity contribution >= 4 is 17.6 Å². The highest BCUT2D eigenvalue weighted by Crippen LogP contribution is 2.39. The molecule has 176 valence electrons. The van der Waals surface area contributed by atoms with Crippen LogP contribution in [0.3, 0.4) is 0 Å². The maximum atomic E-state index is 13.9. The molecule has 8 nitrogen and oxygen atoms in total. The number of rotatable bonds is 4. The minimum absolute atomic E-state index is 0.0664. The molecule has 0 aromatic carbocycles. The summed E-state index contributed by atoms with van der Waals surface area (Å²) in [5, 5.41) is 0. The third kappa shape index (κ3) is 3.78. The third-order valence-corrected chi connectivity index (χ3v) is 7.40. The number of nitrogen functional groups attached to an aromatic ring is 1. The van der Waals surface area contributed by atoms with Crippen molar-refractivity contribution in [1.82, 2.24) is 15.0 Å². The second-order valence-electron chi connectivity index (χ2n) is 9.53. The number of aromatic nitrogens is 3. The molecule has 7 heterocycles. The number of anilines is 3. The fraction of sp³-hybridized carbons (Fsp3) is 0.609. The summed E-state index contributed by atoms with van der Waals surface area (Å²) in [5.74, 6) is 1.83. The third-order valence-electron chi connectivity index (χ3n) is 7.40. The summed E-state index contributed by atoms with van der Waals surface area (Å²) in [4.78, 5) is 18.4. The molecule has 0 radical (unpaired) electrons. The first-order valence-corrected chi connectivity index (χ1v) is 11.7. The van der Waals surface area contributed by atoms with E-state index in [1.807, 2.05) is 6.07 Å². The summed E-state index contributed by atoms with van der Waals surface area (Å²) in [6.45, 7) is 3.49. The van der Waals surface area contributed by atoms with Gasteiger partial charge in [-0.15, -0.1) is 0 Å². The van der Waals surface area contributed by atoms with Gasteiger partial charge >= 0.3 is 0 Å². The Labute approximate surface area is 191 Å². The Balaban J connectivity index is 1.48. The lowest BCUT2D eigenvalue weighted by Crippen LogP contribution is -2.47. The Hall–Kier alpha value is -2.59. The maximum Gasteiger partial charge on any atom is 0.264 e. The van der Waals surface area contributed by atoms with Crippen LogP contribution in [0.5, 0.6) is 0 Å². The monoisotopic (exact) mass is 458 g/mol. The summed E-state index contributed by atoms with van der Waals surface area (Å²) in [7, 11) is 0. The smallest absolute Gasteiger partial charge is 0.264 e. The van der Waals surface area contributed by atoms with E-state index >= 15 is 0 Å². The molecule has 0 amide bonds. The molecule has 2 N–H and O–H groups in total. The zero-order chi connectivity index (χ0) is 22.5. The van der Waals surface area contributed by atoms with Crippen LogP contribution in [0.1, 0.15) is 37.7 Å². The Kier molecular flexibility index (Phi) is 5.29. The van der Waals surface area contributed by atoms with Crippen LogP contribution in [0.25, 0.3) is 11.3 Å². The van der Waals surface area contributed by atoms with Crippen molar-refractivity contribution in [3.05, 3.63) is 23.9 Å². The van der Waals surface area contributed by atoms with Crippen molar-refractivity contribution in [3.63, 3.8) is 0 Å². The predicted octanol–water partition coefficient (Wildman–Crippen LogP) is 3.04. The van der Waals surface area contributed by atoms with Gasteiger partial charge in [-0.1, -0.05) is 0 Å². The van der Waals surface area contributed by atoms with Gasteiger partial charge in [0, 0.05) is 29.9 Å². The summed E-state index contributed by atoms with van der Waals surface area (Å²) in [5.41, 5.74) is 6.30. The SMILES string of the molecule is Nc1cc(C(F)F)c(-c2cc(N3C4CCC3COC4)nc(N3CC4CCC3COC4)n2)cn1. The van der Waals surface area contributed by atoms with E-state index in [9.17, 15) is 8.78 Å². The van der Waals surface area contributed by atoms with Crippen molar-refractivity contribution in [2.75, 3.05) is 48.5 Å². The molecule has 7 rings (SSSR count). The second kappa shape index (κ2) is 8.32. The first kappa shape index (κ1) is 21.0. The molecule has 0 aliphatic carbocycles. The van der Waals surface area contributed by atoms with Crippen molar-refractivity contribution < 1.29 is 18.3 Å². The van der Waals surface area contributed by atoms with Gasteiger partial charge in [0.05, 0.1) is 50.2 Å². The Bertz CT molecular complexity index is 1020. The van der Waals surface area contributed by atoms with E-state index in [2.05, 4.69) is 14.8 Å². The van der Waals surface area contributed by atoms with Gasteiger partial charge in [-0.05, 0) is 37.7 Å². The van der Waals surface area contributed by atoms with Gasteiger partial charge in [-0.3, -0.25) is 0 Å². The van der Waals surface area contributed by atoms with Gasteiger partial charge in [-0.25, -0.2) is 18.7 Å². The summed E-state index contributed by atoms with van der Waals surface area (Å²) in [6, 6.07) is 3.73. The Morgan fingerprint density at radius 3 is 2.45 bits per heavy atom. The van der Waals surface area contributed by atoms with Crippen LogP contribution in [-0.4, -0.2) is 66.0 Å². The molecule has 4 bridgehead atoms. The molecule has 33 heavy (non-hydrogen) atoms. The van der Waals surface area contributed by atoms with Crippen LogP contribution in [0, 0.1) is 5.92 Å². The molecule has 5 saturated heterocycles. The summed E-state index contributed by atoms with van der Waals surface area (Å²) < 4.78 is 39.5. The minimum Gasteiger partial charge on any atom is -0.384 e. The molecule has 0 saturated carbocycles. The fourth-order valence-electron chi connectivity index (χ4n) is 5.73. The molecule has 5 fully saturated rings. The quantitative estimate of drug-likeness (QED) is 0.748. The largest absolute Gasteiger partial charge is 0.384 e. The van der Waals surface area contributed by atoms with E-state index < -0.39 is 6.43 Å². The highest BCUT2D eigenvalue weighted by Gasteiger charge is 2.40. The number of halogens is 2. The Morgan fingerprint density at radius 1 is 0.939 bits per heavy atom. The van der Waals surface area contributed by atoms with E-state index in [-0.39, 0.29) is 29.5 Å². The highest BCUT2D eigenvalue weighted by atomic mass is 19.3. The molecule has 5 aliphatic heterocycles. The van der Waals surface area contributed by atoms with E-state index in [4.69, 9.17) is 25.2 Å². The number of fused-ring (bicyclic) bond motifs is 6. The highest BCUT2D eigenvalue weighted by molar-refractivity contribution is 5.69. The zero-order valence-electron chi connectivity index (χ0n) is 18.4. The number of pyridine rings is 1. The number of hydrogen-bond acceptors (Lipinski definition) is 8. The number of alkyl halides is 2. The number of nitrogens with zero attached hydrogens (tertiary/aromatic N) is 5. The van der Waals surface area contributed by atoms with Gasteiger partial charge < -0.3 is 25.0 Å². The first-order valence-electron chi connectivity index (χ1n) is 11.7. The minimum atomic E-state index is -2.69. The standard InChI is InChI=1S/C23H28F2N6O2/c24-22(25)17-5-20(26)27-7-18(17)19-6-21(31-15-3-4-16(31)12-33-11-15)29-23(28-19)30-8-13-1-2-14(30)10-32-9-13/h5-7,13-16,22H,1-4,8-12H2,(H2,26,27). The average molecular weight is 459 g/mol. The second-order valence-corrected chi connectivity index (χ2v) is 9.53. The summed E-state index contributed by atoms with van der Waals surface area (Å²) in [6.07, 6.45) is 2.93. The van der Waals surface area contributed by atoms with Gasteiger partial charge in [0.15, 0.2) is 0 Å². The van der Waals surface area contributed by atoms with Crippen LogP contribution >= 0.6 is 0 Å². The van der Waals surface area contributed by atoms with Crippen LogP contribution in [0.15, 0.2) is 18.3 Å². The van der Waals surface area contributed by atoms with Crippen molar-refractivity contribution in [1.29, 1.82) is 0 Å². The van der Waals surface area contributed by atoms with Gasteiger partial charge in [0.25, 0.3) is 6.43 Å². The first-order chi connectivity index (χ1) is 16.1. The molecule has 10 heteroatoms. The normalized spacial score (nSPS) is 29.1. The molecule has 5 aliphatic rings. The van der Waals surface area contributed by atoms with Crippen molar-refractivity contribution in [2.24, 2.45) is 5.92 Å². The fourth-order valence-corrected chi connectivity index (χ4v) is 5.73.